The first-order valence-electron chi connectivity index (χ1n) is 6.58. The van der Waals surface area contributed by atoms with Gasteiger partial charge in [-0.2, -0.15) is 4.31 Å². The van der Waals surface area contributed by atoms with Gasteiger partial charge in [0, 0.05) is 25.7 Å². The topological polar surface area (TPSA) is 49.4 Å². The molecule has 1 fully saturated rings. The first-order chi connectivity index (χ1) is 9.13. The van der Waals surface area contributed by atoms with E-state index in [0.29, 0.717) is 11.4 Å². The van der Waals surface area contributed by atoms with Crippen LogP contribution in [0.1, 0.15) is 24.0 Å². The molecule has 0 atom stereocenters. The molecule has 0 spiro atoms. The quantitative estimate of drug-likeness (QED) is 0.833. The van der Waals surface area contributed by atoms with Crippen LogP contribution in [0.4, 0.5) is 0 Å². The lowest BCUT2D eigenvalue weighted by Gasteiger charge is -2.20. The van der Waals surface area contributed by atoms with Crippen LogP contribution >= 0.6 is 0 Å². The van der Waals surface area contributed by atoms with E-state index >= 15 is 0 Å². The molecular formula is C14H18N2O2S. The van der Waals surface area contributed by atoms with Crippen LogP contribution in [0, 0.1) is 0 Å². The zero-order chi connectivity index (χ0) is 13.5. The Balaban J connectivity index is 1.96. The van der Waals surface area contributed by atoms with E-state index in [1.807, 2.05) is 12.1 Å². The molecule has 1 aliphatic heterocycles. The van der Waals surface area contributed by atoms with Crippen LogP contribution in [0.3, 0.4) is 0 Å². The van der Waals surface area contributed by atoms with Gasteiger partial charge < -0.3 is 5.32 Å². The Morgan fingerprint density at radius 3 is 2.74 bits per heavy atom. The zero-order valence-electron chi connectivity index (χ0n) is 10.8. The molecule has 1 aromatic carbocycles. The Hall–Kier alpha value is -1.17. The van der Waals surface area contributed by atoms with Crippen molar-refractivity contribution >= 4 is 10.0 Å². The van der Waals surface area contributed by atoms with E-state index in [9.17, 15) is 8.42 Å². The van der Waals surface area contributed by atoms with Crippen LogP contribution in [-0.2, 0) is 23.1 Å². The van der Waals surface area contributed by atoms with Gasteiger partial charge in [0.25, 0.3) is 0 Å². The molecule has 3 rings (SSSR count). The molecule has 1 saturated carbocycles. The lowest BCUT2D eigenvalue weighted by atomic mass is 10.1. The van der Waals surface area contributed by atoms with E-state index in [-0.39, 0.29) is 6.04 Å². The SMILES string of the molecule is C=CCN(C1CC1)S(=O)(=O)c1ccc2c(c1)CNC2. The van der Waals surface area contributed by atoms with Crippen molar-refractivity contribution in [1.82, 2.24) is 9.62 Å². The maximum Gasteiger partial charge on any atom is 0.243 e. The van der Waals surface area contributed by atoms with Crippen molar-refractivity contribution < 1.29 is 8.42 Å². The third-order valence-electron chi connectivity index (χ3n) is 3.68. The highest BCUT2D eigenvalue weighted by atomic mass is 32.2. The molecule has 1 N–H and O–H groups in total. The van der Waals surface area contributed by atoms with Crippen molar-refractivity contribution in [2.24, 2.45) is 0 Å². The predicted molar refractivity (Wildman–Crippen MR) is 74.1 cm³/mol. The molecule has 4 nitrogen and oxygen atoms in total. The van der Waals surface area contributed by atoms with Gasteiger partial charge in [-0.3, -0.25) is 0 Å². The molecule has 0 unspecified atom stereocenters. The number of hydrogen-bond donors (Lipinski definition) is 1. The van der Waals surface area contributed by atoms with Gasteiger partial charge in [0.2, 0.25) is 10.0 Å². The van der Waals surface area contributed by atoms with Gasteiger partial charge in [-0.1, -0.05) is 12.1 Å². The Kier molecular flexibility index (Phi) is 3.20. The van der Waals surface area contributed by atoms with Crippen LogP contribution in [0.15, 0.2) is 35.7 Å². The lowest BCUT2D eigenvalue weighted by molar-refractivity contribution is 0.436. The van der Waals surface area contributed by atoms with Crippen molar-refractivity contribution in [2.75, 3.05) is 6.54 Å². The van der Waals surface area contributed by atoms with Gasteiger partial charge >= 0.3 is 0 Å². The van der Waals surface area contributed by atoms with E-state index in [1.165, 1.54) is 5.56 Å². The van der Waals surface area contributed by atoms with Gasteiger partial charge in [0.05, 0.1) is 4.90 Å². The summed E-state index contributed by atoms with van der Waals surface area (Å²) >= 11 is 0. The highest BCUT2D eigenvalue weighted by Gasteiger charge is 2.37. The molecule has 2 aliphatic rings. The molecule has 102 valence electrons. The second-order valence-corrected chi connectivity index (χ2v) is 7.02. The first-order valence-corrected chi connectivity index (χ1v) is 8.02. The van der Waals surface area contributed by atoms with Crippen LogP contribution < -0.4 is 5.32 Å². The fraction of sp³-hybridized carbons (Fsp3) is 0.429. The molecule has 1 aliphatic carbocycles. The summed E-state index contributed by atoms with van der Waals surface area (Å²) in [5, 5.41) is 3.23. The zero-order valence-corrected chi connectivity index (χ0v) is 11.6. The third kappa shape index (κ3) is 2.33. The molecule has 1 aromatic rings. The smallest absolute Gasteiger partial charge is 0.243 e. The molecule has 0 amide bonds. The average molecular weight is 278 g/mol. The summed E-state index contributed by atoms with van der Waals surface area (Å²) < 4.78 is 26.9. The summed E-state index contributed by atoms with van der Waals surface area (Å²) in [6.07, 6.45) is 3.57. The number of benzene rings is 1. The number of rotatable bonds is 5. The number of nitrogens with one attached hydrogen (secondary N) is 1. The minimum Gasteiger partial charge on any atom is -0.309 e. The number of sulfonamides is 1. The normalized spacial score (nSPS) is 18.6. The summed E-state index contributed by atoms with van der Waals surface area (Å²) in [6, 6.07) is 5.61. The van der Waals surface area contributed by atoms with Gasteiger partial charge in [-0.05, 0) is 36.1 Å². The minimum atomic E-state index is -3.39. The average Bonchev–Trinajstić information content (AvgIpc) is 3.11. The van der Waals surface area contributed by atoms with E-state index in [4.69, 9.17) is 0 Å². The molecular weight excluding hydrogens is 260 g/mol. The van der Waals surface area contributed by atoms with Crippen molar-refractivity contribution in [1.29, 1.82) is 0 Å². The van der Waals surface area contributed by atoms with Crippen LogP contribution in [0.5, 0.6) is 0 Å². The number of hydrogen-bond acceptors (Lipinski definition) is 3. The molecule has 19 heavy (non-hydrogen) atoms. The summed E-state index contributed by atoms with van der Waals surface area (Å²) in [6.45, 7) is 5.63. The Labute approximate surface area is 114 Å². The Morgan fingerprint density at radius 1 is 1.32 bits per heavy atom. The van der Waals surface area contributed by atoms with Crippen molar-refractivity contribution in [3.05, 3.63) is 42.0 Å². The van der Waals surface area contributed by atoms with Crippen LogP contribution in [-0.4, -0.2) is 25.3 Å². The van der Waals surface area contributed by atoms with Crippen molar-refractivity contribution in [2.45, 2.75) is 36.9 Å². The van der Waals surface area contributed by atoms with E-state index < -0.39 is 10.0 Å². The van der Waals surface area contributed by atoms with Crippen molar-refractivity contribution in [3.63, 3.8) is 0 Å². The van der Waals surface area contributed by atoms with Gasteiger partial charge in [0.15, 0.2) is 0 Å². The summed E-state index contributed by atoms with van der Waals surface area (Å²) in [7, 11) is -3.39. The molecule has 0 saturated heterocycles. The van der Waals surface area contributed by atoms with Crippen LogP contribution in [0.25, 0.3) is 0 Å². The van der Waals surface area contributed by atoms with Crippen molar-refractivity contribution in [3.8, 4) is 0 Å². The van der Waals surface area contributed by atoms with Gasteiger partial charge in [-0.25, -0.2) is 8.42 Å². The summed E-state index contributed by atoms with van der Waals surface area (Å²) in [5.41, 5.74) is 2.29. The number of fused-ring (bicyclic) bond motifs is 1. The second kappa shape index (κ2) is 4.74. The summed E-state index contributed by atoms with van der Waals surface area (Å²) in [4.78, 5) is 0.406. The first kappa shape index (κ1) is 12.8. The van der Waals surface area contributed by atoms with Crippen LogP contribution in [0.2, 0.25) is 0 Å². The Morgan fingerprint density at radius 2 is 2.05 bits per heavy atom. The molecule has 0 radical (unpaired) electrons. The largest absolute Gasteiger partial charge is 0.309 e. The molecule has 1 heterocycles. The maximum atomic E-state index is 12.7. The van der Waals surface area contributed by atoms with E-state index in [2.05, 4.69) is 11.9 Å². The van der Waals surface area contributed by atoms with E-state index in [0.717, 1.165) is 31.5 Å². The molecule has 5 heteroatoms. The summed E-state index contributed by atoms with van der Waals surface area (Å²) in [5.74, 6) is 0. The van der Waals surface area contributed by atoms with Gasteiger partial charge in [-0.15, -0.1) is 6.58 Å². The highest BCUT2D eigenvalue weighted by molar-refractivity contribution is 7.89. The maximum absolute atomic E-state index is 12.7. The second-order valence-electron chi connectivity index (χ2n) is 5.13. The minimum absolute atomic E-state index is 0.161. The lowest BCUT2D eigenvalue weighted by Crippen LogP contribution is -2.33. The fourth-order valence-electron chi connectivity index (χ4n) is 2.50. The number of nitrogens with zero attached hydrogens (tertiary/aromatic N) is 1. The van der Waals surface area contributed by atoms with Gasteiger partial charge in [0.1, 0.15) is 0 Å². The molecule has 0 bridgehead atoms. The predicted octanol–water partition coefficient (Wildman–Crippen LogP) is 1.63. The molecule has 0 aromatic heterocycles. The third-order valence-corrected chi connectivity index (χ3v) is 5.59. The van der Waals surface area contributed by atoms with E-state index in [1.54, 1.807) is 16.4 Å². The fourth-order valence-corrected chi connectivity index (χ4v) is 4.21. The Bertz CT molecular complexity index is 606. The standard InChI is InChI=1S/C14H18N2O2S/c1-2-7-16(13-4-5-13)19(17,18)14-6-3-11-9-15-10-12(11)8-14/h2-3,6,8,13,15H,1,4-5,7,9-10H2. The highest BCUT2D eigenvalue weighted by Crippen LogP contribution is 2.32. The monoisotopic (exact) mass is 278 g/mol.